The molecule has 0 aliphatic carbocycles. The number of carbonyl (C=O) groups is 1. The van der Waals surface area contributed by atoms with E-state index in [4.69, 9.17) is 4.55 Å². The predicted octanol–water partition coefficient (Wildman–Crippen LogP) is 4.25. The standard InChI is InChI=1S/C18H35NO4S/c1-4-5-6-7-8-9-10-11-12-13-14-17(15-24(21,22)23)19-18(20)16(2)3/h17H,2,4-15H2,1,3H3,(H,19,20)(H,21,22,23). The summed E-state index contributed by atoms with van der Waals surface area (Å²) in [4.78, 5) is 11.6. The summed E-state index contributed by atoms with van der Waals surface area (Å²) in [6, 6.07) is -0.557. The molecule has 1 amide bonds. The van der Waals surface area contributed by atoms with Crippen LogP contribution in [0.4, 0.5) is 0 Å². The summed E-state index contributed by atoms with van der Waals surface area (Å²) in [6.07, 6.45) is 12.5. The lowest BCUT2D eigenvalue weighted by molar-refractivity contribution is -0.118. The number of rotatable bonds is 15. The average molecular weight is 362 g/mol. The Morgan fingerprint density at radius 2 is 1.46 bits per heavy atom. The van der Waals surface area contributed by atoms with E-state index in [-0.39, 0.29) is 5.91 Å². The van der Waals surface area contributed by atoms with Crippen LogP contribution in [0, 0.1) is 0 Å². The van der Waals surface area contributed by atoms with Gasteiger partial charge in [-0.15, -0.1) is 0 Å². The van der Waals surface area contributed by atoms with Crippen LogP contribution in [-0.2, 0) is 14.9 Å². The SMILES string of the molecule is C=C(C)C(=O)NC(CCCCCCCCCCCC)CS(=O)(=O)O. The van der Waals surface area contributed by atoms with Crippen molar-refractivity contribution in [2.45, 2.75) is 90.5 Å². The van der Waals surface area contributed by atoms with Crippen LogP contribution in [-0.4, -0.2) is 30.7 Å². The van der Waals surface area contributed by atoms with Crippen LogP contribution in [0.25, 0.3) is 0 Å². The Labute approximate surface area is 148 Å². The van der Waals surface area contributed by atoms with Crippen molar-refractivity contribution >= 4 is 16.0 Å². The summed E-state index contributed by atoms with van der Waals surface area (Å²) in [5.41, 5.74) is 0.332. The van der Waals surface area contributed by atoms with Crippen molar-refractivity contribution in [1.29, 1.82) is 0 Å². The van der Waals surface area contributed by atoms with Crippen molar-refractivity contribution in [2.24, 2.45) is 0 Å². The normalized spacial score (nSPS) is 12.8. The smallest absolute Gasteiger partial charge is 0.266 e. The molecule has 0 bridgehead atoms. The van der Waals surface area contributed by atoms with E-state index in [2.05, 4.69) is 18.8 Å². The molecule has 0 aliphatic rings. The molecule has 0 aromatic carbocycles. The number of hydrogen-bond acceptors (Lipinski definition) is 3. The summed E-state index contributed by atoms with van der Waals surface area (Å²) in [5.74, 6) is -0.806. The minimum absolute atomic E-state index is 0.332. The van der Waals surface area contributed by atoms with E-state index >= 15 is 0 Å². The molecule has 6 heteroatoms. The van der Waals surface area contributed by atoms with E-state index in [9.17, 15) is 13.2 Å². The molecule has 0 saturated carbocycles. The third-order valence-corrected chi connectivity index (χ3v) is 4.86. The van der Waals surface area contributed by atoms with Gasteiger partial charge < -0.3 is 5.32 Å². The highest BCUT2D eigenvalue weighted by molar-refractivity contribution is 7.85. The van der Waals surface area contributed by atoms with E-state index in [1.54, 1.807) is 6.92 Å². The van der Waals surface area contributed by atoms with Crippen LogP contribution in [0.2, 0.25) is 0 Å². The molecule has 1 atom stereocenters. The molecule has 0 saturated heterocycles. The third kappa shape index (κ3) is 14.7. The van der Waals surface area contributed by atoms with Gasteiger partial charge in [-0.3, -0.25) is 9.35 Å². The summed E-state index contributed by atoms with van der Waals surface area (Å²) >= 11 is 0. The highest BCUT2D eigenvalue weighted by Crippen LogP contribution is 2.12. The molecule has 24 heavy (non-hydrogen) atoms. The average Bonchev–Trinajstić information content (AvgIpc) is 2.47. The van der Waals surface area contributed by atoms with Gasteiger partial charge in [-0.25, -0.2) is 0 Å². The molecule has 0 aromatic heterocycles. The molecular formula is C18H35NO4S. The molecule has 0 aromatic rings. The lowest BCUT2D eigenvalue weighted by Gasteiger charge is -2.17. The van der Waals surface area contributed by atoms with Crippen molar-refractivity contribution in [1.82, 2.24) is 5.32 Å². The number of hydrogen-bond donors (Lipinski definition) is 2. The fourth-order valence-corrected chi connectivity index (χ4v) is 3.40. The van der Waals surface area contributed by atoms with Crippen molar-refractivity contribution in [3.8, 4) is 0 Å². The Bertz CT molecular complexity index is 460. The summed E-state index contributed by atoms with van der Waals surface area (Å²) in [6.45, 7) is 7.32. The first-order valence-corrected chi connectivity index (χ1v) is 10.8. The maximum Gasteiger partial charge on any atom is 0.266 e. The molecule has 5 nitrogen and oxygen atoms in total. The largest absolute Gasteiger partial charge is 0.348 e. The van der Waals surface area contributed by atoms with Crippen molar-refractivity contribution in [3.05, 3.63) is 12.2 Å². The molecule has 0 rings (SSSR count). The second-order valence-electron chi connectivity index (χ2n) is 6.67. The van der Waals surface area contributed by atoms with Crippen LogP contribution >= 0.6 is 0 Å². The van der Waals surface area contributed by atoms with Gasteiger partial charge in [-0.1, -0.05) is 77.7 Å². The summed E-state index contributed by atoms with van der Waals surface area (Å²) in [7, 11) is -4.10. The number of unbranched alkanes of at least 4 members (excludes halogenated alkanes) is 9. The van der Waals surface area contributed by atoms with E-state index in [1.807, 2.05) is 0 Å². The van der Waals surface area contributed by atoms with Gasteiger partial charge in [-0.2, -0.15) is 8.42 Å². The molecule has 0 radical (unpaired) electrons. The van der Waals surface area contributed by atoms with E-state index in [0.29, 0.717) is 12.0 Å². The Morgan fingerprint density at radius 3 is 1.88 bits per heavy atom. The second-order valence-corrected chi connectivity index (χ2v) is 8.17. The number of nitrogens with one attached hydrogen (secondary N) is 1. The highest BCUT2D eigenvalue weighted by Gasteiger charge is 2.19. The fourth-order valence-electron chi connectivity index (χ4n) is 2.64. The van der Waals surface area contributed by atoms with E-state index < -0.39 is 21.9 Å². The van der Waals surface area contributed by atoms with Crippen LogP contribution < -0.4 is 5.32 Å². The molecular weight excluding hydrogens is 326 g/mol. The second kappa shape index (κ2) is 13.4. The molecule has 0 spiro atoms. The molecule has 0 aliphatic heterocycles. The highest BCUT2D eigenvalue weighted by atomic mass is 32.2. The zero-order valence-electron chi connectivity index (χ0n) is 15.3. The summed E-state index contributed by atoms with van der Waals surface area (Å²) < 4.78 is 31.1. The molecule has 2 N–H and O–H groups in total. The van der Waals surface area contributed by atoms with Gasteiger partial charge in [-0.05, 0) is 13.3 Å². The quantitative estimate of drug-likeness (QED) is 0.259. The van der Waals surface area contributed by atoms with Gasteiger partial charge >= 0.3 is 0 Å². The van der Waals surface area contributed by atoms with Gasteiger partial charge in [0.15, 0.2) is 0 Å². The molecule has 142 valence electrons. The molecule has 1 unspecified atom stereocenters. The third-order valence-electron chi connectivity index (χ3n) is 4.04. The van der Waals surface area contributed by atoms with Crippen molar-refractivity contribution in [3.63, 3.8) is 0 Å². The first-order valence-electron chi connectivity index (χ1n) is 9.17. The topological polar surface area (TPSA) is 83.5 Å². The van der Waals surface area contributed by atoms with Crippen molar-refractivity contribution < 1.29 is 17.8 Å². The fraction of sp³-hybridized carbons (Fsp3) is 0.833. The lowest BCUT2D eigenvalue weighted by atomic mass is 10.0. The van der Waals surface area contributed by atoms with E-state index in [1.165, 1.54) is 44.9 Å². The minimum atomic E-state index is -4.10. The van der Waals surface area contributed by atoms with Crippen LogP contribution in [0.3, 0.4) is 0 Å². The Balaban J connectivity index is 3.90. The monoisotopic (exact) mass is 361 g/mol. The zero-order chi connectivity index (χ0) is 18.4. The molecule has 0 fully saturated rings. The summed E-state index contributed by atoms with van der Waals surface area (Å²) in [5, 5.41) is 2.63. The Hall–Kier alpha value is -0.880. The van der Waals surface area contributed by atoms with Gasteiger partial charge in [0, 0.05) is 11.6 Å². The van der Waals surface area contributed by atoms with E-state index in [0.717, 1.165) is 19.3 Å². The minimum Gasteiger partial charge on any atom is -0.348 e. The Kier molecular flexibility index (Phi) is 12.9. The van der Waals surface area contributed by atoms with Crippen molar-refractivity contribution in [2.75, 3.05) is 5.75 Å². The predicted molar refractivity (Wildman–Crippen MR) is 99.6 cm³/mol. The van der Waals surface area contributed by atoms with Gasteiger partial charge in [0.25, 0.3) is 10.1 Å². The first kappa shape index (κ1) is 23.1. The maximum absolute atomic E-state index is 11.6. The zero-order valence-corrected chi connectivity index (χ0v) is 16.2. The van der Waals surface area contributed by atoms with Crippen LogP contribution in [0.1, 0.15) is 84.5 Å². The maximum atomic E-state index is 11.6. The first-order chi connectivity index (χ1) is 11.3. The Morgan fingerprint density at radius 1 is 1.00 bits per heavy atom. The van der Waals surface area contributed by atoms with Crippen LogP contribution in [0.5, 0.6) is 0 Å². The number of carbonyl (C=O) groups excluding carboxylic acids is 1. The van der Waals surface area contributed by atoms with Gasteiger partial charge in [0.05, 0.1) is 5.75 Å². The van der Waals surface area contributed by atoms with Crippen LogP contribution in [0.15, 0.2) is 12.2 Å². The number of amides is 1. The van der Waals surface area contributed by atoms with Gasteiger partial charge in [0.1, 0.15) is 0 Å². The molecule has 0 heterocycles. The lowest BCUT2D eigenvalue weighted by Crippen LogP contribution is -2.40. The van der Waals surface area contributed by atoms with Gasteiger partial charge in [0.2, 0.25) is 5.91 Å².